The van der Waals surface area contributed by atoms with Crippen LogP contribution in [0.3, 0.4) is 0 Å². The van der Waals surface area contributed by atoms with Crippen molar-refractivity contribution in [1.29, 1.82) is 0 Å². The van der Waals surface area contributed by atoms with Crippen LogP contribution in [-0.4, -0.2) is 43.3 Å². The Morgan fingerprint density at radius 3 is 2.36 bits per heavy atom. The van der Waals surface area contributed by atoms with Crippen LogP contribution in [0.4, 0.5) is 0 Å². The van der Waals surface area contributed by atoms with Gasteiger partial charge in [0.25, 0.3) is 5.56 Å². The summed E-state index contributed by atoms with van der Waals surface area (Å²) in [5.41, 5.74) is 1.05. The number of aromatic nitrogens is 1. The van der Waals surface area contributed by atoms with Crippen LogP contribution in [0.1, 0.15) is 37.9 Å². The molecule has 1 aliphatic heterocycles. The molecule has 11 nitrogen and oxygen atoms in total. The molecule has 0 saturated heterocycles. The van der Waals surface area contributed by atoms with Crippen molar-refractivity contribution in [3.63, 3.8) is 0 Å². The molecule has 2 heterocycles. The van der Waals surface area contributed by atoms with E-state index >= 15 is 0 Å². The highest BCUT2D eigenvalue weighted by molar-refractivity contribution is 7.07. The molecule has 4 rings (SSSR count). The summed E-state index contributed by atoms with van der Waals surface area (Å²) < 4.78 is 28.3. The van der Waals surface area contributed by atoms with Gasteiger partial charge in [0, 0.05) is 25.5 Å². The summed E-state index contributed by atoms with van der Waals surface area (Å²) in [6, 6.07) is 8.66. The fourth-order valence-electron chi connectivity index (χ4n) is 4.38. The van der Waals surface area contributed by atoms with Crippen molar-refractivity contribution in [2.75, 3.05) is 20.8 Å². The SMILES string of the molecule is C=CCOC(=O)C1=C(C)N=c2s/c(=C\c3ccc(OC(C)=O)cc3OC(C)=O)c(=O)n2[C@H]1c1ccc(OC)c(OC)c1. The Morgan fingerprint density at radius 1 is 1.00 bits per heavy atom. The van der Waals surface area contributed by atoms with Gasteiger partial charge in [-0.3, -0.25) is 19.0 Å². The van der Waals surface area contributed by atoms with E-state index in [0.29, 0.717) is 33.1 Å². The number of hydrogen-bond donors (Lipinski definition) is 0. The minimum atomic E-state index is -0.903. The molecule has 2 aromatic carbocycles. The van der Waals surface area contributed by atoms with Crippen LogP contribution < -0.4 is 33.8 Å². The molecular weight excluding hydrogens is 564 g/mol. The lowest BCUT2D eigenvalue weighted by Crippen LogP contribution is -2.40. The smallest absolute Gasteiger partial charge is 0.338 e. The van der Waals surface area contributed by atoms with Gasteiger partial charge in [0.1, 0.15) is 18.1 Å². The minimum Gasteiger partial charge on any atom is -0.493 e. The van der Waals surface area contributed by atoms with Crippen LogP contribution in [0, 0.1) is 0 Å². The average molecular weight is 593 g/mol. The van der Waals surface area contributed by atoms with Crippen LogP contribution in [0.2, 0.25) is 0 Å². The third-order valence-corrected chi connectivity index (χ3v) is 7.07. The van der Waals surface area contributed by atoms with Gasteiger partial charge in [-0.15, -0.1) is 0 Å². The van der Waals surface area contributed by atoms with Crippen LogP contribution in [0.5, 0.6) is 23.0 Å². The maximum atomic E-state index is 14.0. The summed E-state index contributed by atoms with van der Waals surface area (Å²) in [5.74, 6) is -0.651. The van der Waals surface area contributed by atoms with Gasteiger partial charge in [-0.1, -0.05) is 30.1 Å². The molecule has 0 amide bonds. The number of benzene rings is 2. The molecule has 218 valence electrons. The zero-order chi connectivity index (χ0) is 30.6. The second kappa shape index (κ2) is 12.7. The zero-order valence-electron chi connectivity index (χ0n) is 23.6. The Bertz CT molecular complexity index is 1800. The van der Waals surface area contributed by atoms with Gasteiger partial charge in [0.2, 0.25) is 0 Å². The van der Waals surface area contributed by atoms with E-state index in [1.807, 2.05) is 0 Å². The predicted molar refractivity (Wildman–Crippen MR) is 154 cm³/mol. The number of allylic oxidation sites excluding steroid dienone is 1. The van der Waals surface area contributed by atoms with E-state index in [9.17, 15) is 19.2 Å². The fraction of sp³-hybridized carbons (Fsp3) is 0.233. The number of carbonyl (C=O) groups is 3. The molecule has 42 heavy (non-hydrogen) atoms. The lowest BCUT2D eigenvalue weighted by atomic mass is 9.95. The molecule has 12 heteroatoms. The summed E-state index contributed by atoms with van der Waals surface area (Å²) in [6.07, 6.45) is 2.99. The standard InChI is InChI=1S/C30H28N2O9S/c1-7-12-39-29(36)26-16(2)31-30-32(27(26)20-9-11-22(37-5)24(13-20)38-6)28(35)25(42-30)14-19-8-10-21(40-17(3)33)15-23(19)41-18(4)34/h7-11,13-15,27H,1,12H2,2-6H3/b25-14-/t27-/m0/s1. The topological polar surface area (TPSA) is 132 Å². The summed E-state index contributed by atoms with van der Waals surface area (Å²) in [7, 11) is 2.99. The van der Waals surface area contributed by atoms with E-state index < -0.39 is 29.5 Å². The number of ether oxygens (including phenoxy) is 5. The van der Waals surface area contributed by atoms with Gasteiger partial charge < -0.3 is 23.7 Å². The van der Waals surface area contributed by atoms with Gasteiger partial charge >= 0.3 is 17.9 Å². The van der Waals surface area contributed by atoms with Crippen molar-refractivity contribution in [2.45, 2.75) is 26.8 Å². The van der Waals surface area contributed by atoms with Crippen LogP contribution >= 0.6 is 11.3 Å². The highest BCUT2D eigenvalue weighted by Gasteiger charge is 2.34. The largest absolute Gasteiger partial charge is 0.493 e. The van der Waals surface area contributed by atoms with Crippen LogP contribution in [0.15, 0.2) is 70.1 Å². The number of nitrogens with zero attached hydrogens (tertiary/aromatic N) is 2. The van der Waals surface area contributed by atoms with Crippen molar-refractivity contribution < 1.29 is 38.1 Å². The molecule has 1 aromatic heterocycles. The highest BCUT2D eigenvalue weighted by Crippen LogP contribution is 2.36. The summed E-state index contributed by atoms with van der Waals surface area (Å²) in [5, 5.41) is 0. The first-order valence-corrected chi connectivity index (χ1v) is 13.4. The van der Waals surface area contributed by atoms with Crippen molar-refractivity contribution in [1.82, 2.24) is 4.57 Å². The second-order valence-electron chi connectivity index (χ2n) is 8.97. The number of rotatable bonds is 9. The molecule has 1 aliphatic rings. The number of fused-ring (bicyclic) bond motifs is 1. The third-order valence-electron chi connectivity index (χ3n) is 6.08. The molecule has 3 aromatic rings. The first-order valence-electron chi connectivity index (χ1n) is 12.6. The van der Waals surface area contributed by atoms with Crippen molar-refractivity contribution in [3.8, 4) is 23.0 Å². The lowest BCUT2D eigenvalue weighted by Gasteiger charge is -2.25. The van der Waals surface area contributed by atoms with E-state index in [1.165, 1.54) is 50.8 Å². The summed E-state index contributed by atoms with van der Waals surface area (Å²) >= 11 is 1.09. The van der Waals surface area contributed by atoms with E-state index in [0.717, 1.165) is 11.3 Å². The number of carbonyl (C=O) groups excluding carboxylic acids is 3. The Labute approximate surface area is 244 Å². The highest BCUT2D eigenvalue weighted by atomic mass is 32.1. The Hall–Kier alpha value is -4.97. The molecule has 0 N–H and O–H groups in total. The molecule has 0 fully saturated rings. The maximum Gasteiger partial charge on any atom is 0.338 e. The monoisotopic (exact) mass is 592 g/mol. The molecule has 1 atom stereocenters. The van der Waals surface area contributed by atoms with Crippen LogP contribution in [-0.2, 0) is 19.1 Å². The Balaban J connectivity index is 1.94. The molecule has 0 saturated carbocycles. The predicted octanol–water partition coefficient (Wildman–Crippen LogP) is 2.83. The molecule has 0 unspecified atom stereocenters. The number of thiazole rings is 1. The molecule has 0 radical (unpaired) electrons. The third kappa shape index (κ3) is 6.18. The second-order valence-corrected chi connectivity index (χ2v) is 9.98. The number of esters is 3. The first-order chi connectivity index (χ1) is 20.1. The maximum absolute atomic E-state index is 14.0. The molecule has 0 spiro atoms. The number of methoxy groups -OCH3 is 2. The molecule has 0 aliphatic carbocycles. The lowest BCUT2D eigenvalue weighted by molar-refractivity contribution is -0.138. The summed E-state index contributed by atoms with van der Waals surface area (Å²) in [4.78, 5) is 55.3. The molecule has 0 bridgehead atoms. The minimum absolute atomic E-state index is 0.0268. The zero-order valence-corrected chi connectivity index (χ0v) is 24.4. The summed E-state index contributed by atoms with van der Waals surface area (Å²) in [6.45, 7) is 7.71. The van der Waals surface area contributed by atoms with Gasteiger partial charge in [-0.05, 0) is 42.8 Å². The first kappa shape index (κ1) is 30.0. The van der Waals surface area contributed by atoms with Crippen molar-refractivity contribution in [2.24, 2.45) is 4.99 Å². The van der Waals surface area contributed by atoms with Crippen molar-refractivity contribution in [3.05, 3.63) is 91.1 Å². The Morgan fingerprint density at radius 2 is 1.71 bits per heavy atom. The van der Waals surface area contributed by atoms with Crippen molar-refractivity contribution >= 4 is 35.3 Å². The van der Waals surface area contributed by atoms with Gasteiger partial charge in [0.15, 0.2) is 16.3 Å². The van der Waals surface area contributed by atoms with Gasteiger partial charge in [-0.25, -0.2) is 9.79 Å². The number of hydrogen-bond acceptors (Lipinski definition) is 11. The van der Waals surface area contributed by atoms with Crippen LogP contribution in [0.25, 0.3) is 6.08 Å². The van der Waals surface area contributed by atoms with Gasteiger partial charge in [0.05, 0.1) is 36.1 Å². The Kier molecular flexibility index (Phi) is 9.06. The average Bonchev–Trinajstić information content (AvgIpc) is 3.25. The fourth-order valence-corrected chi connectivity index (χ4v) is 5.42. The van der Waals surface area contributed by atoms with E-state index in [4.69, 9.17) is 23.7 Å². The van der Waals surface area contributed by atoms with E-state index in [1.54, 1.807) is 37.3 Å². The van der Waals surface area contributed by atoms with Gasteiger partial charge in [-0.2, -0.15) is 0 Å². The van der Waals surface area contributed by atoms with E-state index in [2.05, 4.69) is 11.6 Å². The quantitative estimate of drug-likeness (QED) is 0.209. The molecular formula is C30H28N2O9S. The van der Waals surface area contributed by atoms with E-state index in [-0.39, 0.29) is 28.2 Å². The normalized spacial score (nSPS) is 14.4.